The predicted octanol–water partition coefficient (Wildman–Crippen LogP) is -2.26. The molecule has 93 valence electrons. The first-order valence-corrected chi connectivity index (χ1v) is 5.95. The zero-order valence-corrected chi connectivity index (χ0v) is 10.4. The van der Waals surface area contributed by atoms with Gasteiger partial charge in [0.2, 0.25) is 0 Å². The molecule has 0 spiro atoms. The second-order valence-corrected chi connectivity index (χ2v) is 4.86. The molecule has 1 aliphatic heterocycles. The normalized spacial score (nSPS) is 32.9. The number of aliphatic hydroxyl groups is 2. The summed E-state index contributed by atoms with van der Waals surface area (Å²) in [6.07, 6.45) is -1.09. The maximum atomic E-state index is 11.5. The molecule has 0 amide bonds. The molecule has 17 heavy (non-hydrogen) atoms. The molecule has 1 aromatic heterocycles. The van der Waals surface area contributed by atoms with Gasteiger partial charge in [-0.25, -0.2) is 0 Å². The first-order valence-electron chi connectivity index (χ1n) is 4.96. The summed E-state index contributed by atoms with van der Waals surface area (Å²) in [6.45, 7) is -0.339. The van der Waals surface area contributed by atoms with Crippen molar-refractivity contribution in [2.75, 3.05) is 6.61 Å². The van der Waals surface area contributed by atoms with Gasteiger partial charge in [0, 0.05) is 0 Å². The van der Waals surface area contributed by atoms with Crippen LogP contribution in [0.25, 0.3) is 0 Å². The molecule has 0 unspecified atom stereocenters. The minimum atomic E-state index is -0.899. The van der Waals surface area contributed by atoms with Crippen molar-refractivity contribution in [1.29, 1.82) is 0 Å². The molecule has 4 atom stereocenters. The maximum absolute atomic E-state index is 11.5. The van der Waals surface area contributed by atoms with E-state index in [1.165, 1.54) is 16.8 Å². The van der Waals surface area contributed by atoms with Crippen LogP contribution in [0.1, 0.15) is 6.23 Å². The van der Waals surface area contributed by atoms with E-state index in [0.717, 1.165) is 0 Å². The van der Waals surface area contributed by atoms with Crippen LogP contribution < -0.4 is 11.2 Å². The number of nitrogens with zero attached hydrogens (tertiary/aromatic N) is 1. The van der Waals surface area contributed by atoms with E-state index in [4.69, 9.17) is 9.84 Å². The van der Waals surface area contributed by atoms with Crippen LogP contribution in [-0.4, -0.2) is 54.6 Å². The topological polar surface area (TPSA) is 105 Å². The van der Waals surface area contributed by atoms with Gasteiger partial charge in [0.15, 0.2) is 0 Å². The molecule has 3 N–H and O–H groups in total. The molecule has 1 fully saturated rings. The molecule has 8 heteroatoms. The Morgan fingerprint density at radius 1 is 1.53 bits per heavy atom. The van der Waals surface area contributed by atoms with E-state index in [1.807, 2.05) is 0 Å². The number of hydrogen-bond donors (Lipinski definition) is 3. The fourth-order valence-electron chi connectivity index (χ4n) is 1.72. The van der Waals surface area contributed by atoms with Crippen LogP contribution in [0.3, 0.4) is 0 Å². The van der Waals surface area contributed by atoms with Crippen molar-refractivity contribution in [3.63, 3.8) is 0 Å². The van der Waals surface area contributed by atoms with Gasteiger partial charge in [0.25, 0.3) is 0 Å². The van der Waals surface area contributed by atoms with Gasteiger partial charge >= 0.3 is 103 Å². The quantitative estimate of drug-likeness (QED) is 0.535. The van der Waals surface area contributed by atoms with Gasteiger partial charge in [-0.1, -0.05) is 0 Å². The van der Waals surface area contributed by atoms with Crippen molar-refractivity contribution in [2.45, 2.75) is 23.3 Å². The van der Waals surface area contributed by atoms with Gasteiger partial charge in [-0.2, -0.15) is 0 Å². The third-order valence-corrected chi connectivity index (χ3v) is 3.69. The first-order chi connectivity index (χ1) is 8.04. The zero-order valence-electron chi connectivity index (χ0n) is 8.65. The first kappa shape index (κ1) is 12.5. The molecule has 0 bridgehead atoms. The van der Waals surface area contributed by atoms with Crippen molar-refractivity contribution < 1.29 is 14.9 Å². The van der Waals surface area contributed by atoms with E-state index in [-0.39, 0.29) is 6.61 Å². The summed E-state index contributed by atoms with van der Waals surface area (Å²) in [5, 5.41) is 18.7. The van der Waals surface area contributed by atoms with Gasteiger partial charge in [-0.15, -0.1) is 0 Å². The van der Waals surface area contributed by atoms with E-state index < -0.39 is 34.5 Å². The van der Waals surface area contributed by atoms with Crippen molar-refractivity contribution in [2.24, 2.45) is 0 Å². The second kappa shape index (κ2) is 4.75. The van der Waals surface area contributed by atoms with Crippen molar-refractivity contribution in [3.8, 4) is 0 Å². The molecule has 0 saturated carbocycles. The number of rotatable bonds is 2. The predicted molar refractivity (Wildman–Crippen MR) is 57.8 cm³/mol. The summed E-state index contributed by atoms with van der Waals surface area (Å²) >= 11 is 2.71. The Labute approximate surface area is 104 Å². The standard InChI is InChI=1S/C9H11N2O5Se/c12-3-4-6(14)7(17)8(16-4)11-2-1-5(13)10-9(11)15/h1-2,4,6-8,12,14H,3H2,(H,10,13,15)/t4-,6-,7-,8-/m1/s1. The van der Waals surface area contributed by atoms with E-state index >= 15 is 0 Å². The fraction of sp³-hybridized carbons (Fsp3) is 0.556. The van der Waals surface area contributed by atoms with E-state index in [1.54, 1.807) is 0 Å². The molecule has 2 heterocycles. The molecule has 0 aliphatic carbocycles. The number of hydrogen-bond acceptors (Lipinski definition) is 5. The summed E-state index contributed by atoms with van der Waals surface area (Å²) < 4.78 is 6.52. The van der Waals surface area contributed by atoms with E-state index in [2.05, 4.69) is 21.0 Å². The molecule has 0 aromatic carbocycles. The van der Waals surface area contributed by atoms with Crippen LogP contribution in [-0.2, 0) is 4.74 Å². The number of ether oxygens (including phenoxy) is 1. The number of H-pyrrole nitrogens is 1. The Bertz CT molecular complexity index is 513. The monoisotopic (exact) mass is 307 g/mol. The summed E-state index contributed by atoms with van der Waals surface area (Å²) in [5.74, 6) is 0. The Morgan fingerprint density at radius 3 is 2.76 bits per heavy atom. The summed E-state index contributed by atoms with van der Waals surface area (Å²) in [4.78, 5) is 24.1. The average molecular weight is 306 g/mol. The SMILES string of the molecule is O=c1ccn([C@@H]2O[C@H](CO)[C@@H](O)[C@H]2[Se])c(=O)[nH]1. The van der Waals surface area contributed by atoms with Crippen LogP contribution in [0.15, 0.2) is 21.9 Å². The van der Waals surface area contributed by atoms with Crippen LogP contribution in [0.4, 0.5) is 0 Å². The number of aromatic nitrogens is 2. The Balaban J connectivity index is 2.35. The van der Waals surface area contributed by atoms with E-state index in [0.29, 0.717) is 0 Å². The molecule has 1 saturated heterocycles. The Morgan fingerprint density at radius 2 is 2.24 bits per heavy atom. The number of aromatic amines is 1. The van der Waals surface area contributed by atoms with Crippen molar-refractivity contribution >= 4 is 16.0 Å². The van der Waals surface area contributed by atoms with Gasteiger partial charge in [-0.05, 0) is 0 Å². The van der Waals surface area contributed by atoms with Gasteiger partial charge in [0.05, 0.1) is 0 Å². The van der Waals surface area contributed by atoms with Crippen molar-refractivity contribution in [1.82, 2.24) is 9.55 Å². The molecule has 7 nitrogen and oxygen atoms in total. The van der Waals surface area contributed by atoms with Gasteiger partial charge < -0.3 is 0 Å². The van der Waals surface area contributed by atoms with Crippen LogP contribution >= 0.6 is 0 Å². The fourth-order valence-corrected chi connectivity index (χ4v) is 2.50. The molecule has 1 aromatic rings. The summed E-state index contributed by atoms with van der Waals surface area (Å²) in [6, 6.07) is 1.19. The summed E-state index contributed by atoms with van der Waals surface area (Å²) in [7, 11) is 0. The molecule has 2 rings (SSSR count). The summed E-state index contributed by atoms with van der Waals surface area (Å²) in [5.41, 5.74) is -1.12. The number of nitrogens with one attached hydrogen (secondary N) is 1. The average Bonchev–Trinajstić information content (AvgIpc) is 2.57. The van der Waals surface area contributed by atoms with Gasteiger partial charge in [0.1, 0.15) is 0 Å². The zero-order chi connectivity index (χ0) is 12.6. The van der Waals surface area contributed by atoms with Crippen molar-refractivity contribution in [3.05, 3.63) is 33.1 Å². The van der Waals surface area contributed by atoms with Crippen LogP contribution in [0.2, 0.25) is 4.82 Å². The second-order valence-electron chi connectivity index (χ2n) is 3.72. The third-order valence-electron chi connectivity index (χ3n) is 2.62. The molecular weight excluding hydrogens is 295 g/mol. The van der Waals surface area contributed by atoms with E-state index in [9.17, 15) is 14.7 Å². The van der Waals surface area contributed by atoms with Gasteiger partial charge in [-0.3, -0.25) is 0 Å². The molecule has 1 radical (unpaired) electrons. The van der Waals surface area contributed by atoms with Crippen LogP contribution in [0.5, 0.6) is 0 Å². The van der Waals surface area contributed by atoms with Crippen LogP contribution in [0, 0.1) is 0 Å². The minimum absolute atomic E-state index is 0.339. The Hall–Kier alpha value is -0.921. The Kier molecular flexibility index (Phi) is 3.50. The third kappa shape index (κ3) is 2.22. The molecule has 1 aliphatic rings. The number of aliphatic hydroxyl groups excluding tert-OH is 2. The molecular formula is C9H11N2O5Se.